The van der Waals surface area contributed by atoms with E-state index in [4.69, 9.17) is 10.5 Å². The fraction of sp³-hybridized carbons (Fsp3) is 0.150. The van der Waals surface area contributed by atoms with Crippen LogP contribution in [0.15, 0.2) is 60.7 Å². The van der Waals surface area contributed by atoms with E-state index in [-0.39, 0.29) is 12.1 Å². The number of nitrogens with two attached hydrogens (primary N) is 1. The first-order chi connectivity index (χ1) is 11.6. The van der Waals surface area contributed by atoms with Crippen LogP contribution in [0.2, 0.25) is 0 Å². The van der Waals surface area contributed by atoms with Gasteiger partial charge in [-0.1, -0.05) is 48.5 Å². The summed E-state index contributed by atoms with van der Waals surface area (Å²) in [5, 5.41) is 5.70. The highest BCUT2D eigenvalue weighted by atomic mass is 16.5. The smallest absolute Gasteiger partial charge is 0.337 e. The van der Waals surface area contributed by atoms with E-state index in [1.54, 1.807) is 12.1 Å². The molecule has 3 aromatic carbocycles. The summed E-state index contributed by atoms with van der Waals surface area (Å²) >= 11 is 0. The molecule has 0 aromatic heterocycles. The van der Waals surface area contributed by atoms with Crippen LogP contribution in [0.25, 0.3) is 10.8 Å². The number of hydrogen-bond acceptors (Lipinski definition) is 4. The number of nitrogens with one attached hydrogen (secondary N) is 1. The first-order valence-corrected chi connectivity index (χ1v) is 7.79. The predicted molar refractivity (Wildman–Crippen MR) is 97.0 cm³/mol. The maximum atomic E-state index is 11.5. The van der Waals surface area contributed by atoms with Gasteiger partial charge in [0.2, 0.25) is 0 Å². The molecular formula is C20H20N2O2. The molecule has 0 aliphatic heterocycles. The van der Waals surface area contributed by atoms with Crippen molar-refractivity contribution in [1.82, 2.24) is 0 Å². The Morgan fingerprint density at radius 3 is 2.46 bits per heavy atom. The molecule has 3 N–H and O–H groups in total. The fourth-order valence-corrected chi connectivity index (χ4v) is 2.76. The lowest BCUT2D eigenvalue weighted by Crippen LogP contribution is -2.20. The average molecular weight is 320 g/mol. The van der Waals surface area contributed by atoms with Gasteiger partial charge in [0.1, 0.15) is 6.17 Å². The second-order valence-corrected chi connectivity index (χ2v) is 5.71. The van der Waals surface area contributed by atoms with Crippen LogP contribution < -0.4 is 11.1 Å². The molecule has 122 valence electrons. The zero-order valence-electron chi connectivity index (χ0n) is 13.7. The quantitative estimate of drug-likeness (QED) is 0.563. The molecule has 0 aliphatic carbocycles. The summed E-state index contributed by atoms with van der Waals surface area (Å²) in [7, 11) is 1.37. The molecule has 0 fully saturated rings. The highest BCUT2D eigenvalue weighted by Gasteiger charge is 2.11. The molecule has 3 aromatic rings. The lowest BCUT2D eigenvalue weighted by atomic mass is 10.0. The third-order valence-electron chi connectivity index (χ3n) is 4.13. The van der Waals surface area contributed by atoms with Crippen molar-refractivity contribution in [2.24, 2.45) is 5.73 Å². The lowest BCUT2D eigenvalue weighted by Gasteiger charge is -2.19. The predicted octanol–water partition coefficient (Wildman–Crippen LogP) is 4.00. The highest BCUT2D eigenvalue weighted by Crippen LogP contribution is 2.29. The molecule has 3 rings (SSSR count). The summed E-state index contributed by atoms with van der Waals surface area (Å²) in [6.45, 7) is 2.06. The molecule has 0 saturated heterocycles. The third-order valence-corrected chi connectivity index (χ3v) is 4.13. The zero-order chi connectivity index (χ0) is 17.1. The van der Waals surface area contributed by atoms with Gasteiger partial charge in [-0.2, -0.15) is 0 Å². The Balaban J connectivity index is 1.88. The van der Waals surface area contributed by atoms with Crippen LogP contribution in [0.4, 0.5) is 5.69 Å². The third kappa shape index (κ3) is 3.09. The van der Waals surface area contributed by atoms with E-state index in [9.17, 15) is 4.79 Å². The van der Waals surface area contributed by atoms with Crippen molar-refractivity contribution in [3.8, 4) is 0 Å². The highest BCUT2D eigenvalue weighted by molar-refractivity contribution is 5.95. The van der Waals surface area contributed by atoms with Crippen LogP contribution in [0.5, 0.6) is 0 Å². The van der Waals surface area contributed by atoms with Gasteiger partial charge in [-0.05, 0) is 35.6 Å². The lowest BCUT2D eigenvalue weighted by molar-refractivity contribution is 0.0600. The van der Waals surface area contributed by atoms with Crippen molar-refractivity contribution in [2.45, 2.75) is 13.1 Å². The molecule has 24 heavy (non-hydrogen) atoms. The van der Waals surface area contributed by atoms with E-state index in [1.807, 2.05) is 24.3 Å². The summed E-state index contributed by atoms with van der Waals surface area (Å²) in [6.07, 6.45) is -0.374. The van der Waals surface area contributed by atoms with Crippen LogP contribution in [0.1, 0.15) is 27.7 Å². The van der Waals surface area contributed by atoms with Gasteiger partial charge in [0.25, 0.3) is 0 Å². The van der Waals surface area contributed by atoms with Crippen molar-refractivity contribution in [2.75, 3.05) is 12.4 Å². The summed E-state index contributed by atoms with van der Waals surface area (Å²) < 4.78 is 4.71. The van der Waals surface area contributed by atoms with E-state index in [2.05, 4.69) is 36.5 Å². The molecule has 1 unspecified atom stereocenters. The summed E-state index contributed by atoms with van der Waals surface area (Å²) in [5.74, 6) is -0.354. The van der Waals surface area contributed by atoms with Gasteiger partial charge in [0.05, 0.1) is 12.7 Å². The average Bonchev–Trinajstić information content (AvgIpc) is 2.63. The normalized spacial score (nSPS) is 12.0. The molecule has 0 amide bonds. The van der Waals surface area contributed by atoms with Crippen molar-refractivity contribution in [1.29, 1.82) is 0 Å². The van der Waals surface area contributed by atoms with E-state index >= 15 is 0 Å². The van der Waals surface area contributed by atoms with Crippen molar-refractivity contribution in [3.05, 3.63) is 77.4 Å². The van der Waals surface area contributed by atoms with E-state index in [0.29, 0.717) is 5.56 Å². The first-order valence-electron chi connectivity index (χ1n) is 7.79. The minimum atomic E-state index is -0.374. The summed E-state index contributed by atoms with van der Waals surface area (Å²) in [4.78, 5) is 11.5. The number of aryl methyl sites for hydroxylation is 1. The Hall–Kier alpha value is -2.85. The number of fused-ring (bicyclic) bond motifs is 1. The number of hydrogen-bond donors (Lipinski definition) is 2. The fourth-order valence-electron chi connectivity index (χ4n) is 2.76. The number of esters is 1. The minimum Gasteiger partial charge on any atom is -0.465 e. The largest absolute Gasteiger partial charge is 0.465 e. The van der Waals surface area contributed by atoms with Crippen LogP contribution in [0, 0.1) is 6.92 Å². The first kappa shape index (κ1) is 16.0. The van der Waals surface area contributed by atoms with Crippen LogP contribution in [0.3, 0.4) is 0 Å². The molecule has 0 aliphatic rings. The second-order valence-electron chi connectivity index (χ2n) is 5.71. The zero-order valence-corrected chi connectivity index (χ0v) is 13.7. The van der Waals surface area contributed by atoms with Gasteiger partial charge in [-0.15, -0.1) is 0 Å². The second kappa shape index (κ2) is 6.72. The number of carbonyl (C=O) groups is 1. The van der Waals surface area contributed by atoms with Crippen molar-refractivity contribution < 1.29 is 9.53 Å². The van der Waals surface area contributed by atoms with Gasteiger partial charge in [-0.3, -0.25) is 0 Å². The van der Waals surface area contributed by atoms with E-state index in [1.165, 1.54) is 12.5 Å². The molecule has 4 heteroatoms. The van der Waals surface area contributed by atoms with Gasteiger partial charge < -0.3 is 15.8 Å². The Labute approximate surface area is 141 Å². The van der Waals surface area contributed by atoms with Crippen molar-refractivity contribution >= 4 is 22.4 Å². The van der Waals surface area contributed by atoms with Crippen molar-refractivity contribution in [3.63, 3.8) is 0 Å². The number of ether oxygens (including phenoxy) is 1. The number of benzene rings is 3. The molecular weight excluding hydrogens is 300 g/mol. The van der Waals surface area contributed by atoms with Gasteiger partial charge in [-0.25, -0.2) is 4.79 Å². The van der Waals surface area contributed by atoms with Crippen LogP contribution in [-0.4, -0.2) is 13.1 Å². The van der Waals surface area contributed by atoms with Gasteiger partial charge in [0, 0.05) is 11.1 Å². The Morgan fingerprint density at radius 2 is 1.75 bits per heavy atom. The maximum absolute atomic E-state index is 11.5. The van der Waals surface area contributed by atoms with Crippen LogP contribution in [-0.2, 0) is 4.74 Å². The molecule has 4 nitrogen and oxygen atoms in total. The molecule has 0 spiro atoms. The van der Waals surface area contributed by atoms with E-state index in [0.717, 1.165) is 22.2 Å². The molecule has 0 saturated carbocycles. The Morgan fingerprint density at radius 1 is 1.04 bits per heavy atom. The number of carbonyl (C=O) groups excluding carboxylic acids is 1. The molecule has 1 atom stereocenters. The molecule has 0 heterocycles. The topological polar surface area (TPSA) is 64.3 Å². The Bertz CT molecular complexity index is 872. The maximum Gasteiger partial charge on any atom is 0.337 e. The summed E-state index contributed by atoms with van der Waals surface area (Å²) in [6, 6.07) is 19.5. The minimum absolute atomic E-state index is 0.354. The number of methoxy groups -OCH3 is 1. The monoisotopic (exact) mass is 320 g/mol. The van der Waals surface area contributed by atoms with Gasteiger partial charge >= 0.3 is 5.97 Å². The van der Waals surface area contributed by atoms with Crippen LogP contribution >= 0.6 is 0 Å². The van der Waals surface area contributed by atoms with E-state index < -0.39 is 0 Å². The SMILES string of the molecule is COC(=O)c1ccc(C(N)Nc2c(C)ccc3ccccc23)cc1. The Kier molecular flexibility index (Phi) is 4.49. The molecule has 0 radical (unpaired) electrons. The number of rotatable bonds is 4. The standard InChI is InChI=1S/C20H20N2O2/c1-13-7-8-14-5-3-4-6-17(14)18(13)22-19(21)15-9-11-16(12-10-15)20(23)24-2/h3-12,19,22H,21H2,1-2H3. The number of anilines is 1. The summed E-state index contributed by atoms with van der Waals surface area (Å²) in [5.41, 5.74) is 9.89. The van der Waals surface area contributed by atoms with Gasteiger partial charge in [0.15, 0.2) is 0 Å². The molecule has 0 bridgehead atoms.